The largest absolute Gasteiger partial charge is 0.316 e. The Morgan fingerprint density at radius 2 is 2.00 bits per heavy atom. The van der Waals surface area contributed by atoms with Crippen molar-refractivity contribution in [2.24, 2.45) is 0 Å². The van der Waals surface area contributed by atoms with Crippen LogP contribution in [0.1, 0.15) is 6.92 Å². The van der Waals surface area contributed by atoms with E-state index in [1.165, 1.54) is 12.1 Å². The smallest absolute Gasteiger partial charge is 0.234 e. The van der Waals surface area contributed by atoms with Gasteiger partial charge in [0.2, 0.25) is 10.0 Å². The van der Waals surface area contributed by atoms with Gasteiger partial charge in [0.15, 0.2) is 11.6 Å². The molecule has 0 radical (unpaired) electrons. The van der Waals surface area contributed by atoms with Crippen molar-refractivity contribution in [3.63, 3.8) is 0 Å². The Labute approximate surface area is 99.1 Å². The Balaban J connectivity index is 2.73. The Bertz CT molecular complexity index is 477. The van der Waals surface area contributed by atoms with E-state index in [1.54, 1.807) is 0 Å². The summed E-state index contributed by atoms with van der Waals surface area (Å²) in [6, 6.07) is 3.33. The molecule has 0 unspecified atom stereocenters. The first-order valence-electron chi connectivity index (χ1n) is 5.11. The molecule has 0 aliphatic carbocycles. The van der Waals surface area contributed by atoms with Gasteiger partial charge >= 0.3 is 0 Å². The van der Waals surface area contributed by atoms with Gasteiger partial charge in [0.05, 0.1) is 11.4 Å². The highest BCUT2D eigenvalue weighted by Gasteiger charge is 2.14. The molecule has 0 aromatic heterocycles. The molecule has 0 atom stereocenters. The second kappa shape index (κ2) is 5.92. The maximum atomic E-state index is 13.2. The summed E-state index contributed by atoms with van der Waals surface area (Å²) in [7, 11) is -3.67. The van der Waals surface area contributed by atoms with E-state index in [0.29, 0.717) is 6.54 Å². The molecular weight excluding hydrogens is 250 g/mol. The minimum absolute atomic E-state index is 0.198. The van der Waals surface area contributed by atoms with E-state index in [2.05, 4.69) is 5.32 Å². The van der Waals surface area contributed by atoms with Gasteiger partial charge in [0.25, 0.3) is 0 Å². The van der Waals surface area contributed by atoms with Gasteiger partial charge in [-0.2, -0.15) is 0 Å². The highest BCUT2D eigenvalue weighted by atomic mass is 32.2. The summed E-state index contributed by atoms with van der Waals surface area (Å²) >= 11 is 0. The minimum Gasteiger partial charge on any atom is -0.316 e. The Hall–Kier alpha value is -1.21. The van der Waals surface area contributed by atoms with Crippen molar-refractivity contribution in [3.05, 3.63) is 29.8 Å². The van der Waals surface area contributed by atoms with Crippen LogP contribution in [0.4, 0.5) is 14.5 Å². The molecule has 1 aromatic rings. The van der Waals surface area contributed by atoms with Crippen molar-refractivity contribution < 1.29 is 17.2 Å². The van der Waals surface area contributed by atoms with E-state index in [-0.39, 0.29) is 18.0 Å². The molecule has 0 saturated carbocycles. The van der Waals surface area contributed by atoms with E-state index in [0.717, 1.165) is 6.07 Å². The van der Waals surface area contributed by atoms with Gasteiger partial charge < -0.3 is 5.32 Å². The molecule has 0 amide bonds. The lowest BCUT2D eigenvalue weighted by atomic mass is 10.3. The number of hydrogen-bond acceptors (Lipinski definition) is 3. The standard InChI is InChI=1S/C10H14F2N2O2S/c1-2-13-6-7-17(15,16)14-9-5-3-4-8(11)10(9)12/h3-5,13-14H,2,6-7H2,1H3. The van der Waals surface area contributed by atoms with Crippen molar-refractivity contribution >= 4 is 15.7 Å². The third-order valence-corrected chi connectivity index (χ3v) is 3.29. The summed E-state index contributed by atoms with van der Waals surface area (Å²) < 4.78 is 51.0. The number of rotatable bonds is 6. The van der Waals surface area contributed by atoms with E-state index >= 15 is 0 Å². The Morgan fingerprint density at radius 3 is 2.65 bits per heavy atom. The first-order chi connectivity index (χ1) is 7.96. The SMILES string of the molecule is CCNCCS(=O)(=O)Nc1cccc(F)c1F. The van der Waals surface area contributed by atoms with E-state index in [4.69, 9.17) is 0 Å². The maximum absolute atomic E-state index is 13.2. The topological polar surface area (TPSA) is 58.2 Å². The second-order valence-corrected chi connectivity index (χ2v) is 5.22. The van der Waals surface area contributed by atoms with Crippen LogP contribution in [0.25, 0.3) is 0 Å². The lowest BCUT2D eigenvalue weighted by Crippen LogP contribution is -2.26. The molecule has 96 valence electrons. The van der Waals surface area contributed by atoms with Crippen molar-refractivity contribution in [1.82, 2.24) is 5.32 Å². The van der Waals surface area contributed by atoms with Crippen LogP contribution in [-0.4, -0.2) is 27.3 Å². The first kappa shape index (κ1) is 13.9. The van der Waals surface area contributed by atoms with Gasteiger partial charge in [-0.1, -0.05) is 13.0 Å². The summed E-state index contributed by atoms with van der Waals surface area (Å²) in [4.78, 5) is 0. The van der Waals surface area contributed by atoms with Gasteiger partial charge in [-0.15, -0.1) is 0 Å². The zero-order valence-electron chi connectivity index (χ0n) is 9.33. The average Bonchev–Trinajstić information content (AvgIpc) is 2.25. The fraction of sp³-hybridized carbons (Fsp3) is 0.400. The van der Waals surface area contributed by atoms with Crippen LogP contribution in [0, 0.1) is 11.6 Å². The minimum atomic E-state index is -3.67. The fourth-order valence-corrected chi connectivity index (χ4v) is 2.19. The first-order valence-corrected chi connectivity index (χ1v) is 6.76. The third-order valence-electron chi connectivity index (χ3n) is 2.01. The molecule has 0 heterocycles. The molecule has 0 saturated heterocycles. The van der Waals surface area contributed by atoms with Crippen molar-refractivity contribution in [2.75, 3.05) is 23.6 Å². The zero-order valence-corrected chi connectivity index (χ0v) is 10.2. The summed E-state index contributed by atoms with van der Waals surface area (Å²) in [6.07, 6.45) is 0. The number of anilines is 1. The molecular formula is C10H14F2N2O2S. The quantitative estimate of drug-likeness (QED) is 0.762. The van der Waals surface area contributed by atoms with Crippen molar-refractivity contribution in [2.45, 2.75) is 6.92 Å². The zero-order chi connectivity index (χ0) is 12.9. The van der Waals surface area contributed by atoms with Crippen molar-refractivity contribution in [3.8, 4) is 0 Å². The van der Waals surface area contributed by atoms with Crippen LogP contribution in [0.15, 0.2) is 18.2 Å². The highest BCUT2D eigenvalue weighted by Crippen LogP contribution is 2.17. The average molecular weight is 264 g/mol. The van der Waals surface area contributed by atoms with Crippen LogP contribution in [0.5, 0.6) is 0 Å². The molecule has 0 aliphatic rings. The molecule has 7 heteroatoms. The second-order valence-electron chi connectivity index (χ2n) is 3.38. The number of benzene rings is 1. The molecule has 2 N–H and O–H groups in total. The maximum Gasteiger partial charge on any atom is 0.234 e. The van der Waals surface area contributed by atoms with Crippen LogP contribution < -0.4 is 10.0 Å². The Morgan fingerprint density at radius 1 is 1.29 bits per heavy atom. The fourth-order valence-electron chi connectivity index (χ4n) is 1.18. The summed E-state index contributed by atoms with van der Waals surface area (Å²) in [5.41, 5.74) is -0.374. The van der Waals surface area contributed by atoms with E-state index in [9.17, 15) is 17.2 Å². The number of sulfonamides is 1. The van der Waals surface area contributed by atoms with Crippen LogP contribution in [0.2, 0.25) is 0 Å². The molecule has 1 aromatic carbocycles. The highest BCUT2D eigenvalue weighted by molar-refractivity contribution is 7.92. The predicted molar refractivity (Wildman–Crippen MR) is 62.3 cm³/mol. The van der Waals surface area contributed by atoms with Gasteiger partial charge in [0, 0.05) is 6.54 Å². The number of hydrogen-bond donors (Lipinski definition) is 2. The van der Waals surface area contributed by atoms with Crippen molar-refractivity contribution in [1.29, 1.82) is 0 Å². The molecule has 0 spiro atoms. The van der Waals surface area contributed by atoms with Gasteiger partial charge in [-0.3, -0.25) is 4.72 Å². The van der Waals surface area contributed by atoms with Gasteiger partial charge in [-0.25, -0.2) is 17.2 Å². The molecule has 0 bridgehead atoms. The molecule has 0 aliphatic heterocycles. The van der Waals surface area contributed by atoms with Crippen LogP contribution in [0.3, 0.4) is 0 Å². The molecule has 0 fully saturated rings. The molecule has 1 rings (SSSR count). The van der Waals surface area contributed by atoms with E-state index in [1.807, 2.05) is 11.6 Å². The molecule has 17 heavy (non-hydrogen) atoms. The Kier molecular flexibility index (Phi) is 4.83. The van der Waals surface area contributed by atoms with Crippen LogP contribution in [-0.2, 0) is 10.0 Å². The van der Waals surface area contributed by atoms with Gasteiger partial charge in [0.1, 0.15) is 0 Å². The summed E-state index contributed by atoms with van der Waals surface area (Å²) in [6.45, 7) is 2.74. The molecule has 4 nitrogen and oxygen atoms in total. The summed E-state index contributed by atoms with van der Waals surface area (Å²) in [5, 5.41) is 2.83. The lowest BCUT2D eigenvalue weighted by molar-refractivity contribution is 0.511. The number of halogens is 2. The van der Waals surface area contributed by atoms with E-state index < -0.39 is 21.7 Å². The van der Waals surface area contributed by atoms with Gasteiger partial charge in [-0.05, 0) is 18.7 Å². The third kappa shape index (κ3) is 4.27. The number of nitrogens with one attached hydrogen (secondary N) is 2. The predicted octanol–water partition coefficient (Wildman–Crippen LogP) is 1.32. The summed E-state index contributed by atoms with van der Waals surface area (Å²) in [5.74, 6) is -2.48. The van der Waals surface area contributed by atoms with Crippen LogP contribution >= 0.6 is 0 Å². The monoisotopic (exact) mass is 264 g/mol. The normalized spacial score (nSPS) is 11.5. The lowest BCUT2D eigenvalue weighted by Gasteiger charge is -2.09.